The summed E-state index contributed by atoms with van der Waals surface area (Å²) >= 11 is 0. The number of rotatable bonds is 2. The Bertz CT molecular complexity index is 1140. The summed E-state index contributed by atoms with van der Waals surface area (Å²) in [7, 11) is 0. The molecule has 5 heteroatoms. The van der Waals surface area contributed by atoms with Crippen LogP contribution in [0, 0.1) is 5.92 Å². The second-order valence-electron chi connectivity index (χ2n) is 8.47. The highest BCUT2D eigenvalue weighted by Crippen LogP contribution is 2.47. The summed E-state index contributed by atoms with van der Waals surface area (Å²) in [6, 6.07) is 18.0. The van der Waals surface area contributed by atoms with E-state index in [1.807, 2.05) is 35.2 Å². The lowest BCUT2D eigenvalue weighted by Gasteiger charge is -2.52. The van der Waals surface area contributed by atoms with Crippen LogP contribution >= 0.6 is 0 Å². The molecule has 0 radical (unpaired) electrons. The molecule has 1 aliphatic carbocycles. The standard InChI is InChI=1S/C25H25NO4/c27-21-16-23(30-22-13-7-4-10-18(21)22)24(28)26-15-14-25(29,17-8-2-1-3-9-17)19-11-5-6-12-20(19)26/h1-4,7-10,13,16,19-20,29H,5-6,11-12,14-15H2/t19-,20+,25-/m1/s1. The van der Waals surface area contributed by atoms with Crippen LogP contribution in [0.15, 0.2) is 69.9 Å². The van der Waals surface area contributed by atoms with Gasteiger partial charge < -0.3 is 14.4 Å². The summed E-state index contributed by atoms with van der Waals surface area (Å²) in [5, 5.41) is 12.2. The van der Waals surface area contributed by atoms with E-state index in [2.05, 4.69) is 0 Å². The van der Waals surface area contributed by atoms with E-state index in [0.717, 1.165) is 31.2 Å². The minimum absolute atomic E-state index is 0.0291. The molecular weight excluding hydrogens is 378 g/mol. The zero-order valence-electron chi connectivity index (χ0n) is 16.8. The van der Waals surface area contributed by atoms with Gasteiger partial charge in [-0.3, -0.25) is 9.59 Å². The van der Waals surface area contributed by atoms with Crippen molar-refractivity contribution in [3.63, 3.8) is 0 Å². The number of fused-ring (bicyclic) bond motifs is 2. The summed E-state index contributed by atoms with van der Waals surface area (Å²) < 4.78 is 5.82. The van der Waals surface area contributed by atoms with Crippen LogP contribution in [0.25, 0.3) is 11.0 Å². The van der Waals surface area contributed by atoms with E-state index in [-0.39, 0.29) is 29.1 Å². The third-order valence-corrected chi connectivity index (χ3v) is 6.86. The smallest absolute Gasteiger partial charge is 0.289 e. The van der Waals surface area contributed by atoms with Crippen LogP contribution in [0.2, 0.25) is 0 Å². The molecule has 3 aromatic rings. The second kappa shape index (κ2) is 7.40. The van der Waals surface area contributed by atoms with E-state index < -0.39 is 5.60 Å². The van der Waals surface area contributed by atoms with Crippen LogP contribution in [0.1, 0.15) is 48.2 Å². The van der Waals surface area contributed by atoms with Crippen LogP contribution in [-0.2, 0) is 5.60 Å². The maximum absolute atomic E-state index is 13.4. The van der Waals surface area contributed by atoms with Gasteiger partial charge in [0.1, 0.15) is 5.58 Å². The molecule has 5 nitrogen and oxygen atoms in total. The van der Waals surface area contributed by atoms with E-state index in [0.29, 0.717) is 23.9 Å². The molecular formula is C25H25NO4. The lowest BCUT2D eigenvalue weighted by atomic mass is 9.66. The van der Waals surface area contributed by atoms with Crippen molar-refractivity contribution in [3.8, 4) is 0 Å². The fraction of sp³-hybridized carbons (Fsp3) is 0.360. The van der Waals surface area contributed by atoms with Crippen molar-refractivity contribution >= 4 is 16.9 Å². The largest absolute Gasteiger partial charge is 0.451 e. The Kier molecular flexibility index (Phi) is 4.70. The van der Waals surface area contributed by atoms with E-state index in [1.165, 1.54) is 6.07 Å². The van der Waals surface area contributed by atoms with Gasteiger partial charge in [0.2, 0.25) is 0 Å². The molecule has 0 spiro atoms. The quantitative estimate of drug-likeness (QED) is 0.700. The van der Waals surface area contributed by atoms with Crippen LogP contribution in [0.4, 0.5) is 0 Å². The molecule has 1 amide bonds. The first kappa shape index (κ1) is 19.1. The van der Waals surface area contributed by atoms with Crippen molar-refractivity contribution in [3.05, 3.63) is 82.2 Å². The van der Waals surface area contributed by atoms with Crippen molar-refractivity contribution in [1.29, 1.82) is 0 Å². The molecule has 3 atom stereocenters. The maximum Gasteiger partial charge on any atom is 0.289 e. The molecule has 1 N–H and O–H groups in total. The topological polar surface area (TPSA) is 70.8 Å². The molecule has 0 bridgehead atoms. The van der Waals surface area contributed by atoms with Gasteiger partial charge in [0.15, 0.2) is 11.2 Å². The predicted molar refractivity (Wildman–Crippen MR) is 114 cm³/mol. The molecule has 1 saturated heterocycles. The molecule has 2 heterocycles. The third-order valence-electron chi connectivity index (χ3n) is 6.86. The van der Waals surface area contributed by atoms with Gasteiger partial charge in [0.25, 0.3) is 5.91 Å². The highest BCUT2D eigenvalue weighted by atomic mass is 16.3. The molecule has 2 aliphatic rings. The normalized spacial score (nSPS) is 26.4. The van der Waals surface area contributed by atoms with E-state index in [1.54, 1.807) is 24.3 Å². The van der Waals surface area contributed by atoms with E-state index in [9.17, 15) is 14.7 Å². The third kappa shape index (κ3) is 3.05. The minimum atomic E-state index is -0.937. The number of carbonyl (C=O) groups excluding carboxylic acids is 1. The molecule has 2 fully saturated rings. The summed E-state index contributed by atoms with van der Waals surface area (Å²) in [6.45, 7) is 0.432. The molecule has 1 saturated carbocycles. The van der Waals surface area contributed by atoms with Gasteiger partial charge in [-0.1, -0.05) is 55.3 Å². The fourth-order valence-corrected chi connectivity index (χ4v) is 5.37. The van der Waals surface area contributed by atoms with Gasteiger partial charge in [-0.05, 0) is 37.0 Å². The molecule has 5 rings (SSSR count). The summed E-state index contributed by atoms with van der Waals surface area (Å²) in [4.78, 5) is 27.7. The Morgan fingerprint density at radius 3 is 2.60 bits per heavy atom. The van der Waals surface area contributed by atoms with Gasteiger partial charge >= 0.3 is 0 Å². The Hall–Kier alpha value is -2.92. The average molecular weight is 403 g/mol. The highest BCUT2D eigenvalue weighted by Gasteiger charge is 2.50. The molecule has 2 aromatic carbocycles. The maximum atomic E-state index is 13.4. The lowest BCUT2D eigenvalue weighted by Crippen LogP contribution is -2.59. The minimum Gasteiger partial charge on any atom is -0.451 e. The number of para-hydroxylation sites is 1. The molecule has 30 heavy (non-hydrogen) atoms. The zero-order chi connectivity index (χ0) is 20.7. The lowest BCUT2D eigenvalue weighted by molar-refractivity contribution is -0.110. The summed E-state index contributed by atoms with van der Waals surface area (Å²) in [5.74, 6) is -0.212. The number of amides is 1. The van der Waals surface area contributed by atoms with Gasteiger partial charge in [-0.2, -0.15) is 0 Å². The van der Waals surface area contributed by atoms with Crippen LogP contribution < -0.4 is 5.43 Å². The number of carbonyl (C=O) groups is 1. The number of nitrogens with zero attached hydrogens (tertiary/aromatic N) is 1. The number of hydrogen-bond acceptors (Lipinski definition) is 4. The number of piperidine rings is 1. The molecule has 1 aromatic heterocycles. The van der Waals surface area contributed by atoms with Crippen molar-refractivity contribution in [2.24, 2.45) is 5.92 Å². The fourth-order valence-electron chi connectivity index (χ4n) is 5.37. The van der Waals surface area contributed by atoms with Crippen LogP contribution in [0.5, 0.6) is 0 Å². The van der Waals surface area contributed by atoms with Gasteiger partial charge in [-0.25, -0.2) is 0 Å². The van der Waals surface area contributed by atoms with Gasteiger partial charge in [0, 0.05) is 24.6 Å². The summed E-state index contributed by atoms with van der Waals surface area (Å²) in [6.07, 6.45) is 4.27. The molecule has 154 valence electrons. The first-order chi connectivity index (χ1) is 14.6. The first-order valence-electron chi connectivity index (χ1n) is 10.7. The van der Waals surface area contributed by atoms with Crippen molar-refractivity contribution < 1.29 is 14.3 Å². The Labute approximate surface area is 174 Å². The Morgan fingerprint density at radius 2 is 1.77 bits per heavy atom. The number of aliphatic hydroxyl groups is 1. The van der Waals surface area contributed by atoms with Crippen molar-refractivity contribution in [2.45, 2.75) is 43.7 Å². The van der Waals surface area contributed by atoms with Crippen molar-refractivity contribution in [2.75, 3.05) is 6.54 Å². The van der Waals surface area contributed by atoms with Crippen LogP contribution in [-0.4, -0.2) is 28.5 Å². The first-order valence-corrected chi connectivity index (χ1v) is 10.7. The Morgan fingerprint density at radius 1 is 1.03 bits per heavy atom. The molecule has 0 unspecified atom stereocenters. The van der Waals surface area contributed by atoms with Gasteiger partial charge in [0.05, 0.1) is 11.0 Å². The predicted octanol–water partition coefficient (Wildman–Crippen LogP) is 4.09. The SMILES string of the molecule is O=C(c1cc(=O)c2ccccc2o1)N1CC[C@@](O)(c2ccccc2)[C@@H]2CCCC[C@@H]21. The Balaban J connectivity index is 1.50. The number of likely N-dealkylation sites (tertiary alicyclic amines) is 1. The highest BCUT2D eigenvalue weighted by molar-refractivity contribution is 5.93. The average Bonchev–Trinajstić information content (AvgIpc) is 2.80. The molecule has 1 aliphatic heterocycles. The van der Waals surface area contributed by atoms with Gasteiger partial charge in [-0.15, -0.1) is 0 Å². The number of benzene rings is 2. The second-order valence-corrected chi connectivity index (χ2v) is 8.47. The zero-order valence-corrected chi connectivity index (χ0v) is 16.8. The van der Waals surface area contributed by atoms with Crippen molar-refractivity contribution in [1.82, 2.24) is 4.90 Å². The monoisotopic (exact) mass is 403 g/mol. The van der Waals surface area contributed by atoms with Crippen LogP contribution in [0.3, 0.4) is 0 Å². The number of hydrogen-bond donors (Lipinski definition) is 1. The van der Waals surface area contributed by atoms with E-state index in [4.69, 9.17) is 4.42 Å². The van der Waals surface area contributed by atoms with E-state index >= 15 is 0 Å². The summed E-state index contributed by atoms with van der Waals surface area (Å²) in [5.41, 5.74) is 0.198.